The molecule has 0 bridgehead atoms. The second kappa shape index (κ2) is 6.06. The predicted molar refractivity (Wildman–Crippen MR) is 60.0 cm³/mol. The third kappa shape index (κ3) is 3.41. The van der Waals surface area contributed by atoms with Gasteiger partial charge in [0.25, 0.3) is 0 Å². The molecule has 3 heteroatoms. The number of thiocyanates is 1. The largest absolute Gasteiger partial charge is 0.185 e. The van der Waals surface area contributed by atoms with Crippen molar-refractivity contribution in [2.45, 2.75) is 25.7 Å². The topological polar surface area (TPSA) is 23.8 Å². The highest BCUT2D eigenvalue weighted by Gasteiger charge is 2.08. The van der Waals surface area contributed by atoms with E-state index in [9.17, 15) is 0 Å². The van der Waals surface area contributed by atoms with Crippen molar-refractivity contribution in [1.82, 2.24) is 0 Å². The van der Waals surface area contributed by atoms with Gasteiger partial charge in [-0.15, -0.1) is 0 Å². The lowest BCUT2D eigenvalue weighted by molar-refractivity contribution is 0.650. The Hall–Kier alpha value is -0.460. The molecule has 0 spiro atoms. The molecular weight excluding hydrogens is 198 g/mol. The Morgan fingerprint density at radius 1 is 1.69 bits per heavy atom. The van der Waals surface area contributed by atoms with Gasteiger partial charge in [0.1, 0.15) is 5.40 Å². The van der Waals surface area contributed by atoms with Crippen LogP contribution in [0.2, 0.25) is 0 Å². The normalized spacial score (nSPS) is 12.3. The van der Waals surface area contributed by atoms with E-state index in [2.05, 4.69) is 29.2 Å². The molecule has 70 valence electrons. The molecule has 0 fully saturated rings. The Bertz CT molecular complexity index is 261. The highest BCUT2D eigenvalue weighted by molar-refractivity contribution is 8.03. The number of hydrogen-bond donors (Lipinski definition) is 0. The zero-order valence-electron chi connectivity index (χ0n) is 7.69. The summed E-state index contributed by atoms with van der Waals surface area (Å²) in [6, 6.07) is 2.19. The lowest BCUT2D eigenvalue weighted by Crippen LogP contribution is -1.96. The van der Waals surface area contributed by atoms with Crippen LogP contribution in [0.25, 0.3) is 0 Å². The van der Waals surface area contributed by atoms with E-state index in [4.69, 9.17) is 5.26 Å². The molecule has 0 aliphatic heterocycles. The standard InChI is InChI=1S/C10H13NS2/c1-2-9(3-6-13-8-11)10-4-5-12-7-10/h4-5,7,9H,2-3,6H2,1H3. The third-order valence-electron chi connectivity index (χ3n) is 2.14. The average Bonchev–Trinajstić information content (AvgIpc) is 2.65. The highest BCUT2D eigenvalue weighted by Crippen LogP contribution is 2.26. The summed E-state index contributed by atoms with van der Waals surface area (Å²) in [5.74, 6) is 1.59. The van der Waals surface area contributed by atoms with Crippen molar-refractivity contribution in [1.29, 1.82) is 5.26 Å². The smallest absolute Gasteiger partial charge is 0.133 e. The minimum Gasteiger partial charge on any atom is -0.185 e. The summed E-state index contributed by atoms with van der Waals surface area (Å²) in [5.41, 5.74) is 1.44. The molecule has 0 saturated carbocycles. The summed E-state index contributed by atoms with van der Waals surface area (Å²) in [6.45, 7) is 2.21. The fourth-order valence-electron chi connectivity index (χ4n) is 1.36. The molecule has 0 N–H and O–H groups in total. The summed E-state index contributed by atoms with van der Waals surface area (Å²) in [7, 11) is 0. The van der Waals surface area contributed by atoms with Crippen LogP contribution in [0.3, 0.4) is 0 Å². The zero-order chi connectivity index (χ0) is 9.52. The highest BCUT2D eigenvalue weighted by atomic mass is 32.2. The van der Waals surface area contributed by atoms with Crippen molar-refractivity contribution in [2.75, 3.05) is 5.75 Å². The maximum absolute atomic E-state index is 8.40. The van der Waals surface area contributed by atoms with Gasteiger partial charge in [-0.05, 0) is 52.9 Å². The SMILES string of the molecule is CCC(CCSC#N)c1ccsc1. The second-order valence-electron chi connectivity index (χ2n) is 2.89. The van der Waals surface area contributed by atoms with Crippen LogP contribution in [0.1, 0.15) is 31.2 Å². The van der Waals surface area contributed by atoms with E-state index in [1.54, 1.807) is 11.3 Å². The summed E-state index contributed by atoms with van der Waals surface area (Å²) >= 11 is 3.11. The number of nitrogens with zero attached hydrogens (tertiary/aromatic N) is 1. The molecule has 13 heavy (non-hydrogen) atoms. The number of rotatable bonds is 5. The van der Waals surface area contributed by atoms with Crippen LogP contribution in [0.4, 0.5) is 0 Å². The molecular formula is C10H13NS2. The fourth-order valence-corrected chi connectivity index (χ4v) is 2.60. The molecule has 1 rings (SSSR count). The molecule has 0 aliphatic carbocycles. The van der Waals surface area contributed by atoms with Gasteiger partial charge in [0.15, 0.2) is 0 Å². The van der Waals surface area contributed by atoms with Crippen molar-refractivity contribution >= 4 is 23.1 Å². The first kappa shape index (κ1) is 10.6. The fraction of sp³-hybridized carbons (Fsp3) is 0.500. The van der Waals surface area contributed by atoms with E-state index in [1.807, 2.05) is 0 Å². The second-order valence-corrected chi connectivity index (χ2v) is 4.55. The van der Waals surface area contributed by atoms with Gasteiger partial charge in [-0.25, -0.2) is 0 Å². The Labute approximate surface area is 87.8 Å². The van der Waals surface area contributed by atoms with Crippen molar-refractivity contribution < 1.29 is 0 Å². The predicted octanol–water partition coefficient (Wildman–Crippen LogP) is 3.85. The third-order valence-corrected chi connectivity index (χ3v) is 3.41. The van der Waals surface area contributed by atoms with Crippen LogP contribution in [-0.2, 0) is 0 Å². The average molecular weight is 211 g/mol. The van der Waals surface area contributed by atoms with Crippen LogP contribution in [0, 0.1) is 10.7 Å². The van der Waals surface area contributed by atoms with E-state index in [-0.39, 0.29) is 0 Å². The quantitative estimate of drug-likeness (QED) is 0.545. The Balaban J connectivity index is 2.41. The van der Waals surface area contributed by atoms with Crippen molar-refractivity contribution in [2.24, 2.45) is 0 Å². The molecule has 0 aromatic carbocycles. The lowest BCUT2D eigenvalue weighted by Gasteiger charge is -2.11. The lowest BCUT2D eigenvalue weighted by atomic mass is 9.97. The summed E-state index contributed by atoms with van der Waals surface area (Å²) in [6.07, 6.45) is 2.29. The van der Waals surface area contributed by atoms with Crippen LogP contribution in [0.15, 0.2) is 16.8 Å². The van der Waals surface area contributed by atoms with Crippen LogP contribution < -0.4 is 0 Å². The number of hydrogen-bond acceptors (Lipinski definition) is 3. The first-order valence-corrected chi connectivity index (χ1v) is 6.34. The molecule has 0 aliphatic rings. The maximum atomic E-state index is 8.40. The molecule has 1 heterocycles. The first-order valence-electron chi connectivity index (χ1n) is 4.41. The first-order chi connectivity index (χ1) is 6.38. The minimum absolute atomic E-state index is 0.645. The molecule has 1 unspecified atom stereocenters. The Morgan fingerprint density at radius 2 is 2.54 bits per heavy atom. The monoisotopic (exact) mass is 211 g/mol. The van der Waals surface area contributed by atoms with Crippen LogP contribution >= 0.6 is 23.1 Å². The van der Waals surface area contributed by atoms with Gasteiger partial charge < -0.3 is 0 Å². The van der Waals surface area contributed by atoms with Crippen LogP contribution in [-0.4, -0.2) is 5.75 Å². The van der Waals surface area contributed by atoms with Gasteiger partial charge in [0.05, 0.1) is 0 Å². The molecule has 1 atom stereocenters. The van der Waals surface area contributed by atoms with Gasteiger partial charge in [0, 0.05) is 5.75 Å². The minimum atomic E-state index is 0.645. The molecule has 0 amide bonds. The van der Waals surface area contributed by atoms with Gasteiger partial charge in [-0.3, -0.25) is 0 Å². The molecule has 0 saturated heterocycles. The van der Waals surface area contributed by atoms with Crippen molar-refractivity contribution in [3.05, 3.63) is 22.4 Å². The van der Waals surface area contributed by atoms with E-state index in [1.165, 1.54) is 23.7 Å². The number of nitriles is 1. The molecule has 1 aromatic rings. The van der Waals surface area contributed by atoms with Gasteiger partial charge in [0.2, 0.25) is 0 Å². The maximum Gasteiger partial charge on any atom is 0.133 e. The van der Waals surface area contributed by atoms with Gasteiger partial charge >= 0.3 is 0 Å². The molecule has 1 aromatic heterocycles. The van der Waals surface area contributed by atoms with E-state index in [0.717, 1.165) is 12.2 Å². The molecule has 1 nitrogen and oxygen atoms in total. The van der Waals surface area contributed by atoms with Crippen molar-refractivity contribution in [3.8, 4) is 5.40 Å². The van der Waals surface area contributed by atoms with Crippen LogP contribution in [0.5, 0.6) is 0 Å². The zero-order valence-corrected chi connectivity index (χ0v) is 9.33. The van der Waals surface area contributed by atoms with Gasteiger partial charge in [-0.2, -0.15) is 16.6 Å². The summed E-state index contributed by atoms with van der Waals surface area (Å²) in [4.78, 5) is 0. The van der Waals surface area contributed by atoms with E-state index >= 15 is 0 Å². The Morgan fingerprint density at radius 3 is 3.08 bits per heavy atom. The van der Waals surface area contributed by atoms with E-state index < -0.39 is 0 Å². The number of thioether (sulfide) groups is 1. The summed E-state index contributed by atoms with van der Waals surface area (Å²) in [5, 5.41) is 14.8. The van der Waals surface area contributed by atoms with Crippen molar-refractivity contribution in [3.63, 3.8) is 0 Å². The Kier molecular flexibility index (Phi) is 4.95. The van der Waals surface area contributed by atoms with Gasteiger partial charge in [-0.1, -0.05) is 6.92 Å². The molecule has 0 radical (unpaired) electrons. The summed E-state index contributed by atoms with van der Waals surface area (Å²) < 4.78 is 0. The van der Waals surface area contributed by atoms with E-state index in [0.29, 0.717) is 5.92 Å². The number of thiophene rings is 1.